The molecule has 35 heavy (non-hydrogen) atoms. The first-order valence-electron chi connectivity index (χ1n) is 12.8. The largest absolute Gasteiger partial charge is 0.489 e. The molecule has 0 radical (unpaired) electrons. The lowest BCUT2D eigenvalue weighted by atomic mass is 9.85. The van der Waals surface area contributed by atoms with Crippen LogP contribution in [0.5, 0.6) is 5.75 Å². The molecule has 1 aliphatic heterocycles. The van der Waals surface area contributed by atoms with Gasteiger partial charge in [0, 0.05) is 6.04 Å². The van der Waals surface area contributed by atoms with E-state index >= 15 is 0 Å². The molecule has 2 aliphatic rings. The highest BCUT2D eigenvalue weighted by molar-refractivity contribution is 5.79. The molecule has 0 bridgehead atoms. The number of aromatic nitrogens is 2. The summed E-state index contributed by atoms with van der Waals surface area (Å²) >= 11 is 0. The van der Waals surface area contributed by atoms with Gasteiger partial charge in [0.25, 0.3) is 5.56 Å². The average Bonchev–Trinajstić information content (AvgIpc) is 2.88. The summed E-state index contributed by atoms with van der Waals surface area (Å²) in [4.78, 5) is 20.6. The summed E-state index contributed by atoms with van der Waals surface area (Å²) in [5.74, 6) is 1.28. The monoisotopic (exact) mass is 465 g/mol. The predicted molar refractivity (Wildman–Crippen MR) is 139 cm³/mol. The normalized spacial score (nSPS) is 17.4. The van der Waals surface area contributed by atoms with Gasteiger partial charge in [0.1, 0.15) is 18.7 Å². The molecule has 1 aliphatic carbocycles. The van der Waals surface area contributed by atoms with E-state index in [9.17, 15) is 4.79 Å². The number of piperidine rings is 1. The fourth-order valence-electron chi connectivity index (χ4n) is 5.37. The van der Waals surface area contributed by atoms with Gasteiger partial charge in [-0.05, 0) is 86.1 Å². The zero-order chi connectivity index (χ0) is 23.6. The molecule has 3 aromatic carbocycles. The van der Waals surface area contributed by atoms with Crippen molar-refractivity contribution >= 4 is 10.9 Å². The Labute approximate surface area is 206 Å². The molecule has 4 aromatic rings. The highest BCUT2D eigenvalue weighted by Crippen LogP contribution is 2.33. The summed E-state index contributed by atoms with van der Waals surface area (Å²) in [5.41, 5.74) is 3.90. The van der Waals surface area contributed by atoms with Crippen molar-refractivity contribution in [2.24, 2.45) is 0 Å². The third kappa shape index (κ3) is 4.61. The third-order valence-corrected chi connectivity index (χ3v) is 7.74. The number of nitrogens with zero attached hydrogens (tertiary/aromatic N) is 3. The molecule has 2 fully saturated rings. The van der Waals surface area contributed by atoms with Gasteiger partial charge in [-0.15, -0.1) is 0 Å². The van der Waals surface area contributed by atoms with Crippen molar-refractivity contribution in [3.8, 4) is 11.4 Å². The molecule has 5 heteroatoms. The van der Waals surface area contributed by atoms with Crippen LogP contribution in [-0.2, 0) is 6.61 Å². The lowest BCUT2D eigenvalue weighted by Crippen LogP contribution is -2.44. The maximum atomic E-state index is 13.3. The number of rotatable bonds is 6. The summed E-state index contributed by atoms with van der Waals surface area (Å²) < 4.78 is 7.57. The van der Waals surface area contributed by atoms with Crippen LogP contribution in [0.1, 0.15) is 49.1 Å². The first-order chi connectivity index (χ1) is 17.2. The Kier molecular flexibility index (Phi) is 6.09. The zero-order valence-corrected chi connectivity index (χ0v) is 20.0. The molecule has 1 aromatic heterocycles. The van der Waals surface area contributed by atoms with Crippen molar-refractivity contribution in [2.75, 3.05) is 13.1 Å². The molecule has 0 amide bonds. The van der Waals surface area contributed by atoms with E-state index in [-0.39, 0.29) is 5.56 Å². The van der Waals surface area contributed by atoms with Crippen molar-refractivity contribution in [3.05, 3.63) is 101 Å². The number of likely N-dealkylation sites (tertiary alicyclic amines) is 1. The van der Waals surface area contributed by atoms with Gasteiger partial charge in [-0.25, -0.2) is 4.98 Å². The van der Waals surface area contributed by atoms with Crippen LogP contribution in [0.15, 0.2) is 83.9 Å². The maximum absolute atomic E-state index is 13.3. The Hall–Kier alpha value is -3.44. The Bertz CT molecular complexity index is 1350. The topological polar surface area (TPSA) is 47.4 Å². The Morgan fingerprint density at radius 3 is 2.37 bits per heavy atom. The van der Waals surface area contributed by atoms with Crippen LogP contribution < -0.4 is 10.3 Å². The van der Waals surface area contributed by atoms with Crippen LogP contribution in [0, 0.1) is 0 Å². The van der Waals surface area contributed by atoms with Crippen molar-refractivity contribution in [1.82, 2.24) is 14.5 Å². The Balaban J connectivity index is 1.18. The number of benzene rings is 3. The molecule has 1 saturated heterocycles. The fourth-order valence-corrected chi connectivity index (χ4v) is 5.37. The van der Waals surface area contributed by atoms with Crippen molar-refractivity contribution < 1.29 is 4.74 Å². The van der Waals surface area contributed by atoms with E-state index < -0.39 is 0 Å². The van der Waals surface area contributed by atoms with Crippen molar-refractivity contribution in [1.29, 1.82) is 0 Å². The summed E-state index contributed by atoms with van der Waals surface area (Å²) in [5, 5.41) is 0.561. The van der Waals surface area contributed by atoms with E-state index in [0.29, 0.717) is 29.2 Å². The van der Waals surface area contributed by atoms with Gasteiger partial charge in [-0.2, -0.15) is 0 Å². The quantitative estimate of drug-likeness (QED) is 0.367. The average molecular weight is 466 g/mol. The molecule has 0 unspecified atom stereocenters. The molecule has 6 rings (SSSR count). The molecular formula is C30H31N3O2. The predicted octanol–water partition coefficient (Wildman–Crippen LogP) is 5.70. The van der Waals surface area contributed by atoms with Crippen LogP contribution in [0.25, 0.3) is 16.6 Å². The Morgan fingerprint density at radius 1 is 0.886 bits per heavy atom. The first kappa shape index (κ1) is 22.1. The second-order valence-electron chi connectivity index (χ2n) is 9.86. The molecular weight excluding hydrogens is 434 g/mol. The summed E-state index contributed by atoms with van der Waals surface area (Å²) in [6.45, 7) is 2.88. The van der Waals surface area contributed by atoms with Crippen LogP contribution in [0.3, 0.4) is 0 Å². The SMILES string of the molecule is O=c1c2cc(OCc3ccccc3)ccc2ncn1-c1ccc(C2CCN(C3CCC3)CC2)cc1. The molecule has 1 saturated carbocycles. The number of hydrogen-bond acceptors (Lipinski definition) is 4. The molecule has 0 N–H and O–H groups in total. The lowest BCUT2D eigenvalue weighted by molar-refractivity contribution is 0.0975. The van der Waals surface area contributed by atoms with Crippen LogP contribution in [0.2, 0.25) is 0 Å². The van der Waals surface area contributed by atoms with E-state index in [2.05, 4.69) is 34.1 Å². The Morgan fingerprint density at radius 2 is 1.66 bits per heavy atom. The third-order valence-electron chi connectivity index (χ3n) is 7.74. The lowest BCUT2D eigenvalue weighted by Gasteiger charge is -2.42. The number of fused-ring (bicyclic) bond motifs is 1. The molecule has 5 nitrogen and oxygen atoms in total. The van der Waals surface area contributed by atoms with Gasteiger partial charge in [0.05, 0.1) is 16.6 Å². The molecule has 0 atom stereocenters. The molecule has 0 spiro atoms. The van der Waals surface area contributed by atoms with Crippen molar-refractivity contribution in [3.63, 3.8) is 0 Å². The maximum Gasteiger partial charge on any atom is 0.265 e. The summed E-state index contributed by atoms with van der Waals surface area (Å²) in [6, 6.07) is 24.9. The van der Waals surface area contributed by atoms with Crippen LogP contribution >= 0.6 is 0 Å². The molecule has 178 valence electrons. The van der Waals surface area contributed by atoms with Crippen molar-refractivity contribution in [2.45, 2.75) is 50.7 Å². The number of ether oxygens (including phenoxy) is 1. The number of hydrogen-bond donors (Lipinski definition) is 0. The summed E-state index contributed by atoms with van der Waals surface area (Å²) in [7, 11) is 0. The minimum absolute atomic E-state index is 0.0817. The molecule has 2 heterocycles. The van der Waals surface area contributed by atoms with Crippen LogP contribution in [-0.4, -0.2) is 33.6 Å². The first-order valence-corrected chi connectivity index (χ1v) is 12.8. The second-order valence-corrected chi connectivity index (χ2v) is 9.86. The summed E-state index contributed by atoms with van der Waals surface area (Å²) in [6.07, 6.45) is 8.24. The fraction of sp³-hybridized carbons (Fsp3) is 0.333. The van der Waals surface area contributed by atoms with Gasteiger partial charge >= 0.3 is 0 Å². The minimum atomic E-state index is -0.0817. The minimum Gasteiger partial charge on any atom is -0.489 e. The van der Waals surface area contributed by atoms with Gasteiger partial charge in [0.2, 0.25) is 0 Å². The standard InChI is InChI=1S/C30H31N3O2/c34-30-28-19-27(35-20-22-5-2-1-3-6-22)13-14-29(28)31-21-33(30)26-11-9-23(10-12-26)24-15-17-32(18-16-24)25-7-4-8-25/h1-3,5-6,9-14,19,21,24-25H,4,7-8,15-18,20H2. The van der Waals surface area contributed by atoms with Gasteiger partial charge in [0.15, 0.2) is 0 Å². The van der Waals surface area contributed by atoms with E-state index in [1.54, 1.807) is 17.0 Å². The van der Waals surface area contributed by atoms with Gasteiger partial charge in [-0.1, -0.05) is 48.9 Å². The van der Waals surface area contributed by atoms with Crippen LogP contribution in [0.4, 0.5) is 0 Å². The highest BCUT2D eigenvalue weighted by Gasteiger charge is 2.29. The van der Waals surface area contributed by atoms with E-state index in [1.807, 2.05) is 42.5 Å². The van der Waals surface area contributed by atoms with E-state index in [1.165, 1.54) is 50.8 Å². The zero-order valence-electron chi connectivity index (χ0n) is 20.0. The van der Waals surface area contributed by atoms with E-state index in [4.69, 9.17) is 4.74 Å². The smallest absolute Gasteiger partial charge is 0.265 e. The van der Waals surface area contributed by atoms with E-state index in [0.717, 1.165) is 17.3 Å². The second kappa shape index (κ2) is 9.67. The van der Waals surface area contributed by atoms with Gasteiger partial charge in [-0.3, -0.25) is 9.36 Å². The van der Waals surface area contributed by atoms with Gasteiger partial charge < -0.3 is 9.64 Å². The highest BCUT2D eigenvalue weighted by atomic mass is 16.5.